The van der Waals surface area contributed by atoms with Crippen LogP contribution in [0.25, 0.3) is 0 Å². The minimum atomic E-state index is -0.228. The number of nitrogens with zero attached hydrogens (tertiary/aromatic N) is 2. The summed E-state index contributed by atoms with van der Waals surface area (Å²) in [5.74, 6) is 0.470. The van der Waals surface area contributed by atoms with Crippen molar-refractivity contribution in [2.75, 3.05) is 23.0 Å². The van der Waals surface area contributed by atoms with Crippen LogP contribution in [0.4, 0.5) is 11.4 Å². The third-order valence-corrected chi connectivity index (χ3v) is 7.08. The van der Waals surface area contributed by atoms with Crippen molar-refractivity contribution in [3.8, 4) is 5.75 Å². The van der Waals surface area contributed by atoms with Crippen molar-refractivity contribution in [1.29, 1.82) is 0 Å². The van der Waals surface area contributed by atoms with Crippen molar-refractivity contribution in [2.24, 2.45) is 0 Å². The number of nitrogens with one attached hydrogen (secondary N) is 1. The largest absolute Gasteiger partial charge is 0.494 e. The van der Waals surface area contributed by atoms with Crippen LogP contribution in [-0.2, 0) is 9.59 Å². The number of amides is 3. The van der Waals surface area contributed by atoms with Crippen LogP contribution in [0.3, 0.4) is 0 Å². The molecular formula is C31H34ClN3O4. The number of hydrogen-bond acceptors (Lipinski definition) is 4. The van der Waals surface area contributed by atoms with Crippen molar-refractivity contribution in [1.82, 2.24) is 5.32 Å². The molecule has 0 saturated carbocycles. The topological polar surface area (TPSA) is 79.0 Å². The lowest BCUT2D eigenvalue weighted by atomic mass is 9.89. The zero-order chi connectivity index (χ0) is 27.9. The van der Waals surface area contributed by atoms with Gasteiger partial charge in [0.05, 0.1) is 12.6 Å². The normalized spacial score (nSPS) is 16.3. The SMILES string of the molecule is CCNC(=O)CCCOc1ccc(C(=O)N2c3ccccc3[C@H](N(C(C)=O)c3ccc(Cl)cc3)C[C@@H]2C)cc1. The van der Waals surface area contributed by atoms with E-state index in [4.69, 9.17) is 16.3 Å². The van der Waals surface area contributed by atoms with Crippen molar-refractivity contribution in [3.63, 3.8) is 0 Å². The number of carbonyl (C=O) groups excluding carboxylic acids is 3. The molecule has 3 aromatic rings. The number of halogens is 1. The summed E-state index contributed by atoms with van der Waals surface area (Å²) in [6.45, 7) is 6.49. The summed E-state index contributed by atoms with van der Waals surface area (Å²) in [5, 5.41) is 3.37. The summed E-state index contributed by atoms with van der Waals surface area (Å²) >= 11 is 6.09. The number of anilines is 2. The number of ether oxygens (including phenoxy) is 1. The van der Waals surface area contributed by atoms with Crippen LogP contribution in [0.1, 0.15) is 62.0 Å². The van der Waals surface area contributed by atoms with E-state index in [0.717, 1.165) is 16.9 Å². The molecule has 4 rings (SSSR count). The van der Waals surface area contributed by atoms with Crippen LogP contribution in [0.2, 0.25) is 5.02 Å². The average Bonchev–Trinajstić information content (AvgIpc) is 2.92. The van der Waals surface area contributed by atoms with Crippen molar-refractivity contribution in [3.05, 3.63) is 88.9 Å². The molecule has 1 heterocycles. The number of carbonyl (C=O) groups is 3. The predicted octanol–water partition coefficient (Wildman–Crippen LogP) is 6.17. The van der Waals surface area contributed by atoms with Crippen LogP contribution in [0.5, 0.6) is 5.75 Å². The van der Waals surface area contributed by atoms with E-state index in [1.807, 2.05) is 55.1 Å². The smallest absolute Gasteiger partial charge is 0.258 e. The van der Waals surface area contributed by atoms with Gasteiger partial charge in [-0.15, -0.1) is 0 Å². The summed E-state index contributed by atoms with van der Waals surface area (Å²) < 4.78 is 5.75. The molecule has 1 aliphatic heterocycles. The van der Waals surface area contributed by atoms with Gasteiger partial charge in [-0.2, -0.15) is 0 Å². The zero-order valence-electron chi connectivity index (χ0n) is 22.5. The van der Waals surface area contributed by atoms with Crippen LogP contribution in [-0.4, -0.2) is 36.9 Å². The molecule has 3 amide bonds. The van der Waals surface area contributed by atoms with Crippen molar-refractivity contribution < 1.29 is 19.1 Å². The van der Waals surface area contributed by atoms with E-state index in [9.17, 15) is 14.4 Å². The Balaban J connectivity index is 1.52. The summed E-state index contributed by atoms with van der Waals surface area (Å²) in [5.41, 5.74) is 3.02. The maximum absolute atomic E-state index is 13.7. The molecule has 0 aliphatic carbocycles. The predicted molar refractivity (Wildman–Crippen MR) is 155 cm³/mol. The Morgan fingerprint density at radius 1 is 1.03 bits per heavy atom. The second-order valence-corrected chi connectivity index (χ2v) is 10.1. The summed E-state index contributed by atoms with van der Waals surface area (Å²) in [6.07, 6.45) is 1.61. The molecule has 0 spiro atoms. The fraction of sp³-hybridized carbons (Fsp3) is 0.323. The lowest BCUT2D eigenvalue weighted by Gasteiger charge is -2.43. The number of fused-ring (bicyclic) bond motifs is 1. The van der Waals surface area contributed by atoms with E-state index >= 15 is 0 Å². The Kier molecular flexibility index (Phi) is 9.25. The Morgan fingerprint density at radius 3 is 2.38 bits per heavy atom. The van der Waals surface area contributed by atoms with Gasteiger partial charge in [0, 0.05) is 47.9 Å². The molecule has 2 atom stereocenters. The van der Waals surface area contributed by atoms with Gasteiger partial charge >= 0.3 is 0 Å². The average molecular weight is 548 g/mol. The molecule has 39 heavy (non-hydrogen) atoms. The minimum Gasteiger partial charge on any atom is -0.494 e. The van der Waals surface area contributed by atoms with E-state index in [0.29, 0.717) is 48.7 Å². The highest BCUT2D eigenvalue weighted by Crippen LogP contribution is 2.43. The van der Waals surface area contributed by atoms with E-state index in [1.165, 1.54) is 0 Å². The first kappa shape index (κ1) is 28.2. The summed E-state index contributed by atoms with van der Waals surface area (Å²) in [7, 11) is 0. The molecule has 0 aromatic heterocycles. The van der Waals surface area contributed by atoms with Gasteiger partial charge in [-0.1, -0.05) is 29.8 Å². The van der Waals surface area contributed by atoms with Gasteiger partial charge in [0.1, 0.15) is 5.75 Å². The van der Waals surface area contributed by atoms with Crippen LogP contribution >= 0.6 is 11.6 Å². The van der Waals surface area contributed by atoms with E-state index < -0.39 is 0 Å². The van der Waals surface area contributed by atoms with Gasteiger partial charge in [-0.3, -0.25) is 14.4 Å². The molecule has 204 valence electrons. The van der Waals surface area contributed by atoms with E-state index in [2.05, 4.69) is 5.32 Å². The highest BCUT2D eigenvalue weighted by Gasteiger charge is 2.38. The summed E-state index contributed by atoms with van der Waals surface area (Å²) in [6, 6.07) is 21.7. The maximum Gasteiger partial charge on any atom is 0.258 e. The number of para-hydroxylation sites is 1. The summed E-state index contributed by atoms with van der Waals surface area (Å²) in [4.78, 5) is 41.8. The molecule has 0 fully saturated rings. The van der Waals surface area contributed by atoms with Gasteiger partial charge in [-0.25, -0.2) is 0 Å². The number of benzene rings is 3. The molecule has 1 aliphatic rings. The second-order valence-electron chi connectivity index (χ2n) is 9.63. The second kappa shape index (κ2) is 12.8. The van der Waals surface area contributed by atoms with Gasteiger partial charge in [0.15, 0.2) is 0 Å². The molecule has 0 radical (unpaired) electrons. The van der Waals surface area contributed by atoms with E-state index in [-0.39, 0.29) is 29.8 Å². The van der Waals surface area contributed by atoms with E-state index in [1.54, 1.807) is 48.2 Å². The monoisotopic (exact) mass is 547 g/mol. The van der Waals surface area contributed by atoms with Crippen LogP contribution < -0.4 is 19.9 Å². The maximum atomic E-state index is 13.7. The fourth-order valence-electron chi connectivity index (χ4n) is 5.06. The van der Waals surface area contributed by atoms with Gasteiger partial charge in [0.2, 0.25) is 11.8 Å². The molecule has 8 heteroatoms. The minimum absolute atomic E-state index is 0.0137. The standard InChI is InChI=1S/C31H34ClN3O4/c1-4-33-30(37)10-7-19-39-26-17-11-23(12-18-26)31(38)34-21(2)20-29(27-8-5-6-9-28(27)34)35(22(3)36)25-15-13-24(32)14-16-25/h5-6,8-9,11-18,21,29H,4,7,10,19-20H2,1-3H3,(H,33,37)/t21-,29+/m0/s1. The Hall–Kier alpha value is -3.84. The molecule has 0 unspecified atom stereocenters. The van der Waals surface area contributed by atoms with Gasteiger partial charge < -0.3 is 19.9 Å². The quantitative estimate of drug-likeness (QED) is 0.325. The molecule has 0 saturated heterocycles. The third-order valence-electron chi connectivity index (χ3n) is 6.83. The molecule has 1 N–H and O–H groups in total. The molecule has 7 nitrogen and oxygen atoms in total. The van der Waals surface area contributed by atoms with Crippen molar-refractivity contribution >= 4 is 40.7 Å². The van der Waals surface area contributed by atoms with Gasteiger partial charge in [0.25, 0.3) is 5.91 Å². The van der Waals surface area contributed by atoms with Crippen LogP contribution in [0, 0.1) is 0 Å². The van der Waals surface area contributed by atoms with Crippen LogP contribution in [0.15, 0.2) is 72.8 Å². The molecule has 3 aromatic carbocycles. The fourth-order valence-corrected chi connectivity index (χ4v) is 5.19. The lowest BCUT2D eigenvalue weighted by molar-refractivity contribution is -0.121. The third kappa shape index (κ3) is 6.60. The molecule has 0 bridgehead atoms. The molecular weight excluding hydrogens is 514 g/mol. The Labute approximate surface area is 234 Å². The Morgan fingerprint density at radius 2 is 1.72 bits per heavy atom. The lowest BCUT2D eigenvalue weighted by Crippen LogP contribution is -2.47. The number of hydrogen-bond donors (Lipinski definition) is 1. The highest BCUT2D eigenvalue weighted by molar-refractivity contribution is 6.30. The first-order chi connectivity index (χ1) is 18.8. The highest BCUT2D eigenvalue weighted by atomic mass is 35.5. The zero-order valence-corrected chi connectivity index (χ0v) is 23.3. The number of rotatable bonds is 9. The Bertz CT molecular complexity index is 1310. The van der Waals surface area contributed by atoms with Crippen molar-refractivity contribution in [2.45, 2.75) is 52.1 Å². The van der Waals surface area contributed by atoms with Gasteiger partial charge in [-0.05, 0) is 86.8 Å². The first-order valence-electron chi connectivity index (χ1n) is 13.3. The first-order valence-corrected chi connectivity index (χ1v) is 13.6.